The summed E-state index contributed by atoms with van der Waals surface area (Å²) in [6.07, 6.45) is 0.841. The van der Waals surface area contributed by atoms with Crippen molar-refractivity contribution in [1.29, 1.82) is 0 Å². The first-order chi connectivity index (χ1) is 12.9. The van der Waals surface area contributed by atoms with E-state index in [1.54, 1.807) is 0 Å². The van der Waals surface area contributed by atoms with E-state index >= 15 is 0 Å². The van der Waals surface area contributed by atoms with Crippen molar-refractivity contribution >= 4 is 37.9 Å². The van der Waals surface area contributed by atoms with Crippen molar-refractivity contribution in [3.8, 4) is 5.75 Å². The summed E-state index contributed by atoms with van der Waals surface area (Å²) in [7, 11) is 4.42. The fourth-order valence-electron chi connectivity index (χ4n) is 2.89. The summed E-state index contributed by atoms with van der Waals surface area (Å²) in [5.74, 6) is 1.26. The molecule has 0 radical (unpaired) electrons. The largest absolute Gasteiger partial charge is 0.496 e. The molecule has 0 spiro atoms. The molecular weight excluding hydrogens is 467 g/mol. The Morgan fingerprint density at radius 2 is 1.74 bits per heavy atom. The number of hydrogen-bond acceptors (Lipinski definition) is 8. The van der Waals surface area contributed by atoms with Crippen molar-refractivity contribution in [2.24, 2.45) is 15.9 Å². The molecule has 2 rings (SSSR count). The normalized spacial score (nSPS) is 19.5. The number of aldehydes is 1. The predicted molar refractivity (Wildman–Crippen MR) is 107 cm³/mol. The Hall–Kier alpha value is -2.04. The molecule has 1 heterocycles. The molecule has 0 aliphatic carbocycles. The van der Waals surface area contributed by atoms with Crippen LogP contribution in [0, 0.1) is 9.49 Å². The Kier molecular flexibility index (Phi) is 7.28. The number of ether oxygens (including phenoxy) is 3. The first-order valence-electron chi connectivity index (χ1n) is 8.30. The standard InChI is InChI=1S/C18H23IN2O6/c1-10(2)16-18(27-5)20-14(17(21-16)26-4)7-11-6-12(9-22)15(25-3)8-13(11)19(23)24/h6,8-10,14,16H,7H2,1-5H3/t14-,16+/m0/s1. The molecule has 27 heavy (non-hydrogen) atoms. The van der Waals surface area contributed by atoms with Gasteiger partial charge in [-0.2, -0.15) is 0 Å². The maximum Gasteiger partial charge on any atom is 0.341 e. The zero-order valence-electron chi connectivity index (χ0n) is 15.9. The molecule has 9 heteroatoms. The second-order valence-corrected chi connectivity index (χ2v) is 8.67. The van der Waals surface area contributed by atoms with Gasteiger partial charge >= 0.3 is 19.8 Å². The summed E-state index contributed by atoms with van der Waals surface area (Å²) in [5.41, 5.74) is 0.752. The topological polar surface area (TPSA) is 104 Å². The van der Waals surface area contributed by atoms with Crippen LogP contribution < -0.4 is 4.74 Å². The molecule has 1 aromatic rings. The summed E-state index contributed by atoms with van der Waals surface area (Å²) in [6, 6.07) is 2.10. The number of methoxy groups -OCH3 is 3. The van der Waals surface area contributed by atoms with E-state index in [1.807, 2.05) is 13.8 Å². The van der Waals surface area contributed by atoms with E-state index in [9.17, 15) is 10.9 Å². The molecule has 148 valence electrons. The molecular formula is C18H23IN2O6. The van der Waals surface area contributed by atoms with Gasteiger partial charge in [-0.1, -0.05) is 13.8 Å². The van der Waals surface area contributed by atoms with Gasteiger partial charge in [0.05, 0.1) is 30.5 Å². The van der Waals surface area contributed by atoms with Gasteiger partial charge in [0.1, 0.15) is 17.8 Å². The Bertz CT molecular complexity index is 836. The van der Waals surface area contributed by atoms with Crippen LogP contribution in [0.25, 0.3) is 0 Å². The number of hydrogen-bond donors (Lipinski definition) is 0. The van der Waals surface area contributed by atoms with Crippen LogP contribution in [-0.4, -0.2) is 51.5 Å². The minimum atomic E-state index is -3.83. The zero-order valence-corrected chi connectivity index (χ0v) is 18.1. The Morgan fingerprint density at radius 3 is 2.22 bits per heavy atom. The zero-order chi connectivity index (χ0) is 20.1. The second kappa shape index (κ2) is 9.25. The molecule has 0 saturated carbocycles. The summed E-state index contributed by atoms with van der Waals surface area (Å²) in [5, 5.41) is 0. The first kappa shape index (κ1) is 21.3. The van der Waals surface area contributed by atoms with E-state index in [0.29, 0.717) is 23.6 Å². The Labute approximate surface area is 165 Å². The van der Waals surface area contributed by atoms with Crippen LogP contribution in [-0.2, 0) is 22.0 Å². The monoisotopic (exact) mass is 490 g/mol. The van der Waals surface area contributed by atoms with Crippen LogP contribution in [0.1, 0.15) is 29.8 Å². The highest BCUT2D eigenvalue weighted by atomic mass is 127. The van der Waals surface area contributed by atoms with Gasteiger partial charge in [0.25, 0.3) is 0 Å². The van der Waals surface area contributed by atoms with Gasteiger partial charge in [-0.05, 0) is 23.6 Å². The SMILES string of the molecule is COC1=N[C@H](C(C)C)C(OC)=N[C@H]1Cc1cc(C=O)c(OC)cc1I(=O)=O. The van der Waals surface area contributed by atoms with Crippen molar-refractivity contribution in [3.05, 3.63) is 26.8 Å². The van der Waals surface area contributed by atoms with E-state index in [2.05, 4.69) is 9.98 Å². The van der Waals surface area contributed by atoms with Crippen LogP contribution in [0.4, 0.5) is 0 Å². The van der Waals surface area contributed by atoms with E-state index in [-0.39, 0.29) is 33.3 Å². The van der Waals surface area contributed by atoms with E-state index in [4.69, 9.17) is 14.2 Å². The van der Waals surface area contributed by atoms with Gasteiger partial charge in [-0.15, -0.1) is 0 Å². The van der Waals surface area contributed by atoms with E-state index < -0.39 is 25.8 Å². The van der Waals surface area contributed by atoms with Crippen LogP contribution in [0.3, 0.4) is 0 Å². The summed E-state index contributed by atoms with van der Waals surface area (Å²) < 4.78 is 39.7. The third-order valence-electron chi connectivity index (χ3n) is 4.24. The van der Waals surface area contributed by atoms with Crippen LogP contribution >= 0.6 is 19.8 Å². The fourth-order valence-corrected chi connectivity index (χ4v) is 4.37. The number of nitrogens with zero attached hydrogens (tertiary/aromatic N) is 2. The van der Waals surface area contributed by atoms with Crippen molar-refractivity contribution in [2.75, 3.05) is 21.3 Å². The molecule has 0 aromatic heterocycles. The van der Waals surface area contributed by atoms with Crippen LogP contribution in [0.2, 0.25) is 0 Å². The molecule has 0 saturated heterocycles. The maximum absolute atomic E-state index is 11.8. The Morgan fingerprint density at radius 1 is 1.07 bits per heavy atom. The minimum absolute atomic E-state index is 0.161. The van der Waals surface area contributed by atoms with Crippen molar-refractivity contribution in [3.63, 3.8) is 0 Å². The number of rotatable bonds is 6. The second-order valence-electron chi connectivity index (χ2n) is 6.27. The van der Waals surface area contributed by atoms with Crippen LogP contribution in [0.15, 0.2) is 22.1 Å². The molecule has 1 aliphatic heterocycles. The predicted octanol–water partition coefficient (Wildman–Crippen LogP) is 2.91. The highest BCUT2D eigenvalue weighted by Crippen LogP contribution is 2.31. The summed E-state index contributed by atoms with van der Waals surface area (Å²) in [4.78, 5) is 20.5. The average molecular weight is 490 g/mol. The molecule has 2 atom stereocenters. The molecule has 0 amide bonds. The van der Waals surface area contributed by atoms with Crippen LogP contribution in [0.5, 0.6) is 5.75 Å². The summed E-state index contributed by atoms with van der Waals surface area (Å²) >= 11 is -3.83. The van der Waals surface area contributed by atoms with Gasteiger partial charge in [0.15, 0.2) is 6.29 Å². The van der Waals surface area contributed by atoms with Gasteiger partial charge < -0.3 is 14.2 Å². The Balaban J connectivity index is 2.50. The molecule has 8 nitrogen and oxygen atoms in total. The lowest BCUT2D eigenvalue weighted by Gasteiger charge is -2.27. The number of aliphatic imine (C=N–C) groups is 2. The average Bonchev–Trinajstić information content (AvgIpc) is 2.66. The third kappa shape index (κ3) is 4.63. The molecule has 0 fully saturated rings. The smallest absolute Gasteiger partial charge is 0.341 e. The van der Waals surface area contributed by atoms with Crippen molar-refractivity contribution in [1.82, 2.24) is 0 Å². The lowest BCUT2D eigenvalue weighted by atomic mass is 9.99. The van der Waals surface area contributed by atoms with Crippen molar-refractivity contribution < 1.29 is 25.1 Å². The van der Waals surface area contributed by atoms with Crippen molar-refractivity contribution in [2.45, 2.75) is 32.4 Å². The van der Waals surface area contributed by atoms with Gasteiger partial charge in [-0.25, -0.2) is 16.1 Å². The van der Waals surface area contributed by atoms with E-state index in [1.165, 1.54) is 33.5 Å². The first-order valence-corrected chi connectivity index (χ1v) is 11.1. The lowest BCUT2D eigenvalue weighted by molar-refractivity contribution is 0.112. The quantitative estimate of drug-likeness (QED) is 0.449. The number of benzene rings is 1. The van der Waals surface area contributed by atoms with Gasteiger partial charge in [0, 0.05) is 6.42 Å². The van der Waals surface area contributed by atoms with E-state index in [0.717, 1.165) is 0 Å². The summed E-state index contributed by atoms with van der Waals surface area (Å²) in [6.45, 7) is 4.00. The molecule has 0 unspecified atom stereocenters. The molecule has 1 aromatic carbocycles. The fraction of sp³-hybridized carbons (Fsp3) is 0.500. The number of carbonyl (C=O) groups excluding carboxylic acids is 1. The minimum Gasteiger partial charge on any atom is -0.496 e. The number of halogens is 1. The molecule has 1 aliphatic rings. The number of carbonyl (C=O) groups is 1. The third-order valence-corrected chi connectivity index (χ3v) is 6.20. The maximum atomic E-state index is 11.8. The van der Waals surface area contributed by atoms with Gasteiger partial charge in [-0.3, -0.25) is 4.79 Å². The highest BCUT2D eigenvalue weighted by molar-refractivity contribution is 14.2. The highest BCUT2D eigenvalue weighted by Gasteiger charge is 2.32. The molecule has 0 N–H and O–H groups in total. The molecule has 0 bridgehead atoms. The lowest BCUT2D eigenvalue weighted by Crippen LogP contribution is -2.38. The van der Waals surface area contributed by atoms with Gasteiger partial charge in [0.2, 0.25) is 11.8 Å².